The van der Waals surface area contributed by atoms with Crippen molar-refractivity contribution < 1.29 is 13.7 Å². The van der Waals surface area contributed by atoms with Crippen molar-refractivity contribution in [2.24, 2.45) is 0 Å². The van der Waals surface area contributed by atoms with E-state index >= 15 is 0 Å². The number of imidazole rings is 1. The summed E-state index contributed by atoms with van der Waals surface area (Å²) >= 11 is 0. The van der Waals surface area contributed by atoms with Crippen molar-refractivity contribution in [1.82, 2.24) is 9.97 Å². The normalized spacial score (nSPS) is 12.1. The predicted octanol–water partition coefficient (Wildman–Crippen LogP) is 4.41. The quantitative estimate of drug-likeness (QED) is 0.559. The molecular formula is C21H18N2O3S. The van der Waals surface area contributed by atoms with Crippen molar-refractivity contribution in [3.8, 4) is 22.9 Å². The van der Waals surface area contributed by atoms with E-state index in [1.807, 2.05) is 48.5 Å². The van der Waals surface area contributed by atoms with Crippen LogP contribution in [0.2, 0.25) is 0 Å². The van der Waals surface area contributed by atoms with E-state index in [1.54, 1.807) is 32.4 Å². The molecule has 3 aromatic carbocycles. The van der Waals surface area contributed by atoms with E-state index in [0.29, 0.717) is 27.1 Å². The van der Waals surface area contributed by atoms with Gasteiger partial charge in [0.2, 0.25) is 0 Å². The lowest BCUT2D eigenvalue weighted by atomic mass is 10.2. The number of fused-ring (bicyclic) bond motifs is 1. The number of ether oxygens (including phenoxy) is 2. The molecule has 1 N–H and O–H groups in total. The van der Waals surface area contributed by atoms with Crippen molar-refractivity contribution in [3.05, 3.63) is 66.7 Å². The van der Waals surface area contributed by atoms with Crippen LogP contribution in [0.1, 0.15) is 0 Å². The number of nitrogens with zero attached hydrogens (tertiary/aromatic N) is 1. The number of benzene rings is 3. The molecule has 0 fully saturated rings. The van der Waals surface area contributed by atoms with Crippen LogP contribution in [0, 0.1) is 0 Å². The topological polar surface area (TPSA) is 64.2 Å². The first-order valence-electron chi connectivity index (χ1n) is 8.39. The molecule has 0 amide bonds. The number of hydrogen-bond acceptors (Lipinski definition) is 4. The minimum Gasteiger partial charge on any atom is -0.497 e. The highest BCUT2D eigenvalue weighted by molar-refractivity contribution is 7.85. The van der Waals surface area contributed by atoms with Crippen LogP contribution in [0.3, 0.4) is 0 Å². The fraction of sp³-hybridized carbons (Fsp3) is 0.0952. The second-order valence-corrected chi connectivity index (χ2v) is 7.30. The third-order valence-corrected chi connectivity index (χ3v) is 5.78. The Kier molecular flexibility index (Phi) is 4.64. The van der Waals surface area contributed by atoms with E-state index < -0.39 is 10.8 Å². The molecule has 6 heteroatoms. The minimum atomic E-state index is -1.47. The smallest absolute Gasteiger partial charge is 0.139 e. The van der Waals surface area contributed by atoms with Gasteiger partial charge in [0.15, 0.2) is 0 Å². The summed E-state index contributed by atoms with van der Waals surface area (Å²) in [6, 6.07) is 20.6. The molecule has 0 aliphatic rings. The van der Waals surface area contributed by atoms with Crippen LogP contribution < -0.4 is 9.47 Å². The van der Waals surface area contributed by atoms with Crippen molar-refractivity contribution >= 4 is 21.8 Å². The first kappa shape index (κ1) is 17.3. The standard InChI is InChI=1S/C21H18N2O3S/c1-25-14-11-12-18(26-2)20(13-14)27(24)19-10-6-3-7-15(19)21-22-16-8-4-5-9-17(16)23-21/h3-13H,1-2H3,(H,22,23). The molecule has 1 heterocycles. The molecule has 27 heavy (non-hydrogen) atoms. The number of nitrogens with one attached hydrogen (secondary N) is 1. The number of para-hydroxylation sites is 2. The lowest BCUT2D eigenvalue weighted by molar-refractivity contribution is 0.393. The zero-order valence-electron chi connectivity index (χ0n) is 14.9. The number of aromatic nitrogens is 2. The Hall–Kier alpha value is -3.12. The van der Waals surface area contributed by atoms with Crippen molar-refractivity contribution in [2.45, 2.75) is 9.79 Å². The maximum Gasteiger partial charge on any atom is 0.139 e. The summed E-state index contributed by atoms with van der Waals surface area (Å²) in [5, 5.41) is 0. The van der Waals surface area contributed by atoms with Gasteiger partial charge < -0.3 is 14.5 Å². The highest BCUT2D eigenvalue weighted by Gasteiger charge is 2.19. The Balaban J connectivity index is 1.85. The average molecular weight is 378 g/mol. The van der Waals surface area contributed by atoms with E-state index in [1.165, 1.54) is 0 Å². The maximum atomic E-state index is 13.4. The van der Waals surface area contributed by atoms with E-state index in [2.05, 4.69) is 9.97 Å². The van der Waals surface area contributed by atoms with Crippen LogP contribution in [0.15, 0.2) is 76.5 Å². The third kappa shape index (κ3) is 3.19. The SMILES string of the molecule is COc1ccc(OC)c(S(=O)c2ccccc2-c2nc3ccccc3[nH]2)c1. The number of H-pyrrole nitrogens is 1. The van der Waals surface area contributed by atoms with Gasteiger partial charge in [0, 0.05) is 11.6 Å². The molecule has 0 bridgehead atoms. The van der Waals surface area contributed by atoms with E-state index in [9.17, 15) is 4.21 Å². The average Bonchev–Trinajstić information content (AvgIpc) is 3.17. The van der Waals surface area contributed by atoms with Gasteiger partial charge in [-0.25, -0.2) is 9.19 Å². The fourth-order valence-corrected chi connectivity index (χ4v) is 4.31. The molecule has 0 saturated heterocycles. The largest absolute Gasteiger partial charge is 0.497 e. The van der Waals surface area contributed by atoms with Gasteiger partial charge in [-0.05, 0) is 30.3 Å². The number of rotatable bonds is 5. The van der Waals surface area contributed by atoms with Gasteiger partial charge in [0.05, 0.1) is 45.8 Å². The lowest BCUT2D eigenvalue weighted by Gasteiger charge is -2.12. The number of aromatic amines is 1. The first-order valence-corrected chi connectivity index (χ1v) is 9.54. The lowest BCUT2D eigenvalue weighted by Crippen LogP contribution is -2.00. The molecule has 4 rings (SSSR count). The third-order valence-electron chi connectivity index (χ3n) is 4.30. The second kappa shape index (κ2) is 7.25. The first-order chi connectivity index (χ1) is 13.2. The summed E-state index contributed by atoms with van der Waals surface area (Å²) in [5.74, 6) is 1.86. The minimum absolute atomic E-state index is 0.550. The highest BCUT2D eigenvalue weighted by Crippen LogP contribution is 2.34. The van der Waals surface area contributed by atoms with Crippen LogP contribution in [0.5, 0.6) is 11.5 Å². The predicted molar refractivity (Wildman–Crippen MR) is 106 cm³/mol. The molecule has 0 spiro atoms. The van der Waals surface area contributed by atoms with Gasteiger partial charge in [-0.3, -0.25) is 0 Å². The van der Waals surface area contributed by atoms with Crippen LogP contribution in [-0.2, 0) is 10.8 Å². The molecule has 1 atom stereocenters. The summed E-state index contributed by atoms with van der Waals surface area (Å²) in [7, 11) is 1.67. The highest BCUT2D eigenvalue weighted by atomic mass is 32.2. The number of hydrogen-bond donors (Lipinski definition) is 1. The van der Waals surface area contributed by atoms with Gasteiger partial charge in [0.25, 0.3) is 0 Å². The van der Waals surface area contributed by atoms with E-state index in [-0.39, 0.29) is 0 Å². The van der Waals surface area contributed by atoms with Gasteiger partial charge in [-0.2, -0.15) is 0 Å². The summed E-state index contributed by atoms with van der Waals surface area (Å²) in [5.41, 5.74) is 2.59. The second-order valence-electron chi connectivity index (χ2n) is 5.88. The van der Waals surface area contributed by atoms with Crippen LogP contribution in [0.25, 0.3) is 22.4 Å². The molecule has 136 valence electrons. The van der Waals surface area contributed by atoms with E-state index in [4.69, 9.17) is 9.47 Å². The van der Waals surface area contributed by atoms with Crippen LogP contribution >= 0.6 is 0 Å². The Bertz CT molecular complexity index is 1100. The maximum absolute atomic E-state index is 13.4. The van der Waals surface area contributed by atoms with Crippen LogP contribution in [-0.4, -0.2) is 28.4 Å². The Morgan fingerprint density at radius 3 is 2.44 bits per heavy atom. The monoisotopic (exact) mass is 378 g/mol. The Labute approximate surface area is 159 Å². The summed E-state index contributed by atoms with van der Waals surface area (Å²) in [6.07, 6.45) is 0. The molecule has 1 unspecified atom stereocenters. The summed E-state index contributed by atoms with van der Waals surface area (Å²) < 4.78 is 24.1. The summed E-state index contributed by atoms with van der Waals surface area (Å²) in [4.78, 5) is 9.17. The van der Waals surface area contributed by atoms with Gasteiger partial charge in [-0.15, -0.1) is 0 Å². The van der Waals surface area contributed by atoms with Crippen molar-refractivity contribution in [3.63, 3.8) is 0 Å². The molecule has 5 nitrogen and oxygen atoms in total. The molecule has 1 aromatic heterocycles. The van der Waals surface area contributed by atoms with Crippen molar-refractivity contribution in [2.75, 3.05) is 14.2 Å². The fourth-order valence-electron chi connectivity index (χ4n) is 2.95. The zero-order chi connectivity index (χ0) is 18.8. The Morgan fingerprint density at radius 2 is 1.67 bits per heavy atom. The molecule has 0 saturated carbocycles. The molecule has 0 aliphatic carbocycles. The summed E-state index contributed by atoms with van der Waals surface area (Å²) in [6.45, 7) is 0. The molecule has 0 aliphatic heterocycles. The van der Waals surface area contributed by atoms with Crippen LogP contribution in [0.4, 0.5) is 0 Å². The van der Waals surface area contributed by atoms with Crippen molar-refractivity contribution in [1.29, 1.82) is 0 Å². The van der Waals surface area contributed by atoms with E-state index in [0.717, 1.165) is 16.6 Å². The zero-order valence-corrected chi connectivity index (χ0v) is 15.7. The van der Waals surface area contributed by atoms with Gasteiger partial charge in [-0.1, -0.05) is 30.3 Å². The van der Waals surface area contributed by atoms with Gasteiger partial charge in [0.1, 0.15) is 17.3 Å². The Morgan fingerprint density at radius 1 is 0.889 bits per heavy atom. The molecule has 0 radical (unpaired) electrons. The molecular weight excluding hydrogens is 360 g/mol. The molecule has 4 aromatic rings. The van der Waals surface area contributed by atoms with Gasteiger partial charge >= 0.3 is 0 Å². The number of methoxy groups -OCH3 is 2.